The standard InChI is InChI=1S/C20H22BrClN2O3S/c1-14-11-18(5-6-19(14)21)23-20(25)16-7-9-24(10-8-16)28(26,27)13-15-3-2-4-17(22)12-15/h2-6,11-12,16H,7-10,13H2,1H3,(H,23,25). The first-order valence-corrected chi connectivity index (χ1v) is 11.8. The summed E-state index contributed by atoms with van der Waals surface area (Å²) in [5, 5.41) is 3.46. The van der Waals surface area contributed by atoms with E-state index in [2.05, 4.69) is 21.2 Å². The molecule has 2 aromatic carbocycles. The van der Waals surface area contributed by atoms with Crippen LogP contribution < -0.4 is 5.32 Å². The van der Waals surface area contributed by atoms with Crippen LogP contribution in [-0.4, -0.2) is 31.7 Å². The van der Waals surface area contributed by atoms with Gasteiger partial charge in [0.15, 0.2) is 0 Å². The van der Waals surface area contributed by atoms with Gasteiger partial charge in [-0.15, -0.1) is 0 Å². The van der Waals surface area contributed by atoms with Gasteiger partial charge in [0.25, 0.3) is 0 Å². The minimum absolute atomic E-state index is 0.0615. The number of hydrogen-bond acceptors (Lipinski definition) is 3. The van der Waals surface area contributed by atoms with Crippen molar-refractivity contribution in [3.05, 3.63) is 63.1 Å². The molecule has 0 bridgehead atoms. The average molecular weight is 486 g/mol. The summed E-state index contributed by atoms with van der Waals surface area (Å²) in [5.74, 6) is -0.335. The molecule has 1 aliphatic rings. The van der Waals surface area contributed by atoms with Gasteiger partial charge >= 0.3 is 0 Å². The Kier molecular flexibility index (Phi) is 6.81. The number of nitrogens with one attached hydrogen (secondary N) is 1. The third-order valence-electron chi connectivity index (χ3n) is 4.88. The Labute approximate surface area is 179 Å². The summed E-state index contributed by atoms with van der Waals surface area (Å²) in [7, 11) is -3.43. The zero-order chi connectivity index (χ0) is 20.3. The van der Waals surface area contributed by atoms with E-state index < -0.39 is 10.0 Å². The Hall–Kier alpha value is -1.41. The van der Waals surface area contributed by atoms with Crippen LogP contribution in [0.25, 0.3) is 0 Å². The van der Waals surface area contributed by atoms with Gasteiger partial charge in [0.1, 0.15) is 0 Å². The number of sulfonamides is 1. The van der Waals surface area contributed by atoms with E-state index in [0.717, 1.165) is 15.7 Å². The van der Waals surface area contributed by atoms with Crippen molar-refractivity contribution in [3.8, 4) is 0 Å². The van der Waals surface area contributed by atoms with Crippen molar-refractivity contribution in [2.75, 3.05) is 18.4 Å². The maximum atomic E-state index is 12.7. The number of halogens is 2. The lowest BCUT2D eigenvalue weighted by molar-refractivity contribution is -0.120. The highest BCUT2D eigenvalue weighted by atomic mass is 79.9. The van der Waals surface area contributed by atoms with E-state index in [1.807, 2.05) is 25.1 Å². The molecule has 1 saturated heterocycles. The Morgan fingerprint density at radius 3 is 2.57 bits per heavy atom. The van der Waals surface area contributed by atoms with Crippen LogP contribution >= 0.6 is 27.5 Å². The number of hydrogen-bond donors (Lipinski definition) is 1. The van der Waals surface area contributed by atoms with Crippen molar-refractivity contribution in [3.63, 3.8) is 0 Å². The van der Waals surface area contributed by atoms with Crippen molar-refractivity contribution >= 4 is 49.1 Å². The normalized spacial score (nSPS) is 16.1. The van der Waals surface area contributed by atoms with Crippen LogP contribution in [0.15, 0.2) is 46.9 Å². The molecule has 150 valence electrons. The third-order valence-corrected chi connectivity index (χ3v) is 7.86. The van der Waals surface area contributed by atoms with E-state index >= 15 is 0 Å². The molecule has 3 rings (SSSR count). The molecule has 5 nitrogen and oxygen atoms in total. The van der Waals surface area contributed by atoms with Crippen LogP contribution in [-0.2, 0) is 20.6 Å². The number of benzene rings is 2. The van der Waals surface area contributed by atoms with Gasteiger partial charge in [0.2, 0.25) is 15.9 Å². The molecule has 0 radical (unpaired) electrons. The molecular weight excluding hydrogens is 464 g/mol. The number of amides is 1. The molecule has 1 heterocycles. The molecule has 1 aliphatic heterocycles. The highest BCUT2D eigenvalue weighted by molar-refractivity contribution is 9.10. The van der Waals surface area contributed by atoms with Gasteiger partial charge in [-0.3, -0.25) is 4.79 Å². The highest BCUT2D eigenvalue weighted by Crippen LogP contribution is 2.25. The van der Waals surface area contributed by atoms with Gasteiger partial charge in [-0.2, -0.15) is 0 Å². The SMILES string of the molecule is Cc1cc(NC(=O)C2CCN(S(=O)(=O)Cc3cccc(Cl)c3)CC2)ccc1Br. The summed E-state index contributed by atoms with van der Waals surface area (Å²) in [4.78, 5) is 12.5. The van der Waals surface area contributed by atoms with Gasteiger partial charge in [-0.1, -0.05) is 39.7 Å². The van der Waals surface area contributed by atoms with E-state index in [1.54, 1.807) is 24.3 Å². The fourth-order valence-corrected chi connectivity index (χ4v) is 5.30. The predicted octanol–water partition coefficient (Wildman–Crippen LogP) is 4.59. The summed E-state index contributed by atoms with van der Waals surface area (Å²) in [5.41, 5.74) is 2.46. The Morgan fingerprint density at radius 1 is 1.21 bits per heavy atom. The maximum absolute atomic E-state index is 12.7. The fraction of sp³-hybridized carbons (Fsp3) is 0.350. The molecule has 1 amide bonds. The topological polar surface area (TPSA) is 66.5 Å². The minimum atomic E-state index is -3.43. The highest BCUT2D eigenvalue weighted by Gasteiger charge is 2.31. The van der Waals surface area contributed by atoms with Crippen LogP contribution in [0.1, 0.15) is 24.0 Å². The quantitative estimate of drug-likeness (QED) is 0.673. The second-order valence-corrected chi connectivity index (χ2v) is 10.3. The first-order chi connectivity index (χ1) is 13.2. The maximum Gasteiger partial charge on any atom is 0.227 e. The van der Waals surface area contributed by atoms with Crippen molar-refractivity contribution in [1.29, 1.82) is 0 Å². The monoisotopic (exact) mass is 484 g/mol. The molecule has 1 N–H and O–H groups in total. The van der Waals surface area contributed by atoms with E-state index in [-0.39, 0.29) is 17.6 Å². The van der Waals surface area contributed by atoms with Gasteiger partial charge in [0.05, 0.1) is 5.75 Å². The zero-order valence-electron chi connectivity index (χ0n) is 15.5. The largest absolute Gasteiger partial charge is 0.326 e. The van der Waals surface area contributed by atoms with Crippen molar-refractivity contribution in [1.82, 2.24) is 4.31 Å². The molecule has 0 spiro atoms. The second-order valence-electron chi connectivity index (χ2n) is 7.01. The van der Waals surface area contributed by atoms with Crippen LogP contribution in [0, 0.1) is 12.8 Å². The van der Waals surface area contributed by atoms with E-state index in [9.17, 15) is 13.2 Å². The lowest BCUT2D eigenvalue weighted by atomic mass is 9.97. The number of carbonyl (C=O) groups excluding carboxylic acids is 1. The fourth-order valence-electron chi connectivity index (χ4n) is 3.29. The number of piperidine rings is 1. The van der Waals surface area contributed by atoms with Crippen molar-refractivity contribution < 1.29 is 13.2 Å². The smallest absolute Gasteiger partial charge is 0.227 e. The molecule has 0 aromatic heterocycles. The van der Waals surface area contributed by atoms with Gasteiger partial charge in [-0.05, 0) is 61.2 Å². The molecule has 28 heavy (non-hydrogen) atoms. The number of aryl methyl sites for hydroxylation is 1. The molecule has 0 unspecified atom stereocenters. The summed E-state index contributed by atoms with van der Waals surface area (Å²) in [6.45, 7) is 2.66. The lowest BCUT2D eigenvalue weighted by Crippen LogP contribution is -2.41. The minimum Gasteiger partial charge on any atom is -0.326 e. The molecule has 8 heteroatoms. The first kappa shape index (κ1) is 21.3. The molecule has 1 fully saturated rings. The summed E-state index contributed by atoms with van der Waals surface area (Å²) < 4.78 is 27.8. The Morgan fingerprint density at radius 2 is 1.93 bits per heavy atom. The molecular formula is C20H22BrClN2O3S. The molecule has 2 aromatic rings. The third kappa shape index (κ3) is 5.35. The lowest BCUT2D eigenvalue weighted by Gasteiger charge is -2.30. The Balaban J connectivity index is 1.57. The van der Waals surface area contributed by atoms with Gasteiger partial charge in [-0.25, -0.2) is 12.7 Å². The first-order valence-electron chi connectivity index (χ1n) is 9.04. The Bertz CT molecular complexity index is 973. The van der Waals surface area contributed by atoms with E-state index in [4.69, 9.17) is 11.6 Å². The summed E-state index contributed by atoms with van der Waals surface area (Å²) >= 11 is 9.39. The van der Waals surface area contributed by atoms with Crippen molar-refractivity contribution in [2.24, 2.45) is 5.92 Å². The number of rotatable bonds is 5. The predicted molar refractivity (Wildman–Crippen MR) is 116 cm³/mol. The van der Waals surface area contributed by atoms with Gasteiger partial charge in [0, 0.05) is 34.2 Å². The second kappa shape index (κ2) is 8.95. The van der Waals surface area contributed by atoms with Crippen LogP contribution in [0.4, 0.5) is 5.69 Å². The van der Waals surface area contributed by atoms with Crippen molar-refractivity contribution in [2.45, 2.75) is 25.5 Å². The molecule has 0 atom stereocenters. The van der Waals surface area contributed by atoms with Crippen LogP contribution in [0.5, 0.6) is 0 Å². The van der Waals surface area contributed by atoms with E-state index in [0.29, 0.717) is 36.5 Å². The van der Waals surface area contributed by atoms with E-state index in [1.165, 1.54) is 4.31 Å². The number of nitrogens with zero attached hydrogens (tertiary/aromatic N) is 1. The average Bonchev–Trinajstić information content (AvgIpc) is 2.64. The summed E-state index contributed by atoms with van der Waals surface area (Å²) in [6.07, 6.45) is 1.02. The van der Waals surface area contributed by atoms with Crippen LogP contribution in [0.2, 0.25) is 5.02 Å². The summed E-state index contributed by atoms with van der Waals surface area (Å²) in [6, 6.07) is 12.5. The zero-order valence-corrected chi connectivity index (χ0v) is 18.6. The van der Waals surface area contributed by atoms with Crippen LogP contribution in [0.3, 0.4) is 0 Å². The molecule has 0 aliphatic carbocycles. The van der Waals surface area contributed by atoms with Gasteiger partial charge < -0.3 is 5.32 Å². The number of anilines is 1. The molecule has 0 saturated carbocycles. The number of carbonyl (C=O) groups is 1.